The number of halogens is 2. The lowest BCUT2D eigenvalue weighted by molar-refractivity contribution is -0.121. The summed E-state index contributed by atoms with van der Waals surface area (Å²) in [5.74, 6) is -0.787. The van der Waals surface area contributed by atoms with Gasteiger partial charge in [0.25, 0.3) is 0 Å². The molecule has 2 aromatic carbocycles. The average Bonchev–Trinajstić information content (AvgIpc) is 2.98. The lowest BCUT2D eigenvalue weighted by Gasteiger charge is -2.25. The van der Waals surface area contributed by atoms with Crippen molar-refractivity contribution in [2.75, 3.05) is 20.6 Å². The molecule has 0 spiro atoms. The van der Waals surface area contributed by atoms with Crippen molar-refractivity contribution in [1.29, 1.82) is 0 Å². The van der Waals surface area contributed by atoms with Gasteiger partial charge in [0.15, 0.2) is 0 Å². The van der Waals surface area contributed by atoms with E-state index in [1.165, 1.54) is 24.3 Å². The molecule has 136 valence electrons. The first kappa shape index (κ1) is 18.1. The van der Waals surface area contributed by atoms with Crippen molar-refractivity contribution in [1.82, 2.24) is 14.8 Å². The van der Waals surface area contributed by atoms with E-state index >= 15 is 0 Å². The zero-order valence-corrected chi connectivity index (χ0v) is 14.7. The Morgan fingerprint density at radius 3 is 2.46 bits per heavy atom. The van der Waals surface area contributed by atoms with Crippen molar-refractivity contribution in [3.63, 3.8) is 0 Å². The maximum atomic E-state index is 13.4. The molecule has 0 saturated heterocycles. The van der Waals surface area contributed by atoms with Crippen LogP contribution in [0.15, 0.2) is 54.7 Å². The second-order valence-corrected chi connectivity index (χ2v) is 6.48. The minimum atomic E-state index is -0.332. The molecular formula is C20H21F2N3O. The molecule has 0 unspecified atom stereocenters. The van der Waals surface area contributed by atoms with Crippen molar-refractivity contribution in [3.05, 3.63) is 71.9 Å². The minimum Gasteiger partial charge on any atom is -0.353 e. The molecule has 0 aliphatic heterocycles. The highest BCUT2D eigenvalue weighted by molar-refractivity contribution is 5.83. The molecule has 1 N–H and O–H groups in total. The first-order chi connectivity index (χ1) is 12.4. The molecule has 0 radical (unpaired) electrons. The van der Waals surface area contributed by atoms with E-state index in [2.05, 4.69) is 5.32 Å². The van der Waals surface area contributed by atoms with Crippen LogP contribution in [0.5, 0.6) is 0 Å². The van der Waals surface area contributed by atoms with Crippen LogP contribution < -0.4 is 5.32 Å². The number of carbonyl (C=O) groups is 1. The maximum absolute atomic E-state index is 13.4. The molecule has 6 heteroatoms. The Labute approximate surface area is 151 Å². The number of hydrogen-bond acceptors (Lipinski definition) is 2. The first-order valence-electron chi connectivity index (χ1n) is 8.37. The van der Waals surface area contributed by atoms with Crippen molar-refractivity contribution in [2.45, 2.75) is 12.6 Å². The predicted molar refractivity (Wildman–Crippen MR) is 97.7 cm³/mol. The average molecular weight is 357 g/mol. The van der Waals surface area contributed by atoms with Gasteiger partial charge in [-0.2, -0.15) is 0 Å². The molecule has 0 saturated carbocycles. The van der Waals surface area contributed by atoms with E-state index in [4.69, 9.17) is 0 Å². The number of nitrogens with one attached hydrogen (secondary N) is 1. The number of aromatic nitrogens is 1. The molecule has 0 aliphatic rings. The van der Waals surface area contributed by atoms with Crippen LogP contribution in [0.25, 0.3) is 10.9 Å². The molecule has 1 amide bonds. The number of fused-ring (bicyclic) bond motifs is 1. The highest BCUT2D eigenvalue weighted by Gasteiger charge is 2.16. The van der Waals surface area contributed by atoms with Crippen molar-refractivity contribution < 1.29 is 13.6 Å². The number of hydrogen-bond donors (Lipinski definition) is 1. The number of benzene rings is 2. The Kier molecular flexibility index (Phi) is 5.32. The number of likely N-dealkylation sites (N-methyl/N-ethyl adjacent to an activating group) is 1. The fraction of sp³-hybridized carbons (Fsp3) is 0.250. The van der Waals surface area contributed by atoms with Gasteiger partial charge in [-0.25, -0.2) is 8.78 Å². The van der Waals surface area contributed by atoms with Crippen molar-refractivity contribution in [2.24, 2.45) is 0 Å². The molecule has 1 atom stereocenters. The highest BCUT2D eigenvalue weighted by atomic mass is 19.1. The normalized spacial score (nSPS) is 12.5. The van der Waals surface area contributed by atoms with Gasteiger partial charge < -0.3 is 14.8 Å². The number of amides is 1. The van der Waals surface area contributed by atoms with Gasteiger partial charge in [-0.15, -0.1) is 0 Å². The summed E-state index contributed by atoms with van der Waals surface area (Å²) in [6.07, 6.45) is 1.77. The predicted octanol–water partition coefficient (Wildman–Crippen LogP) is 3.34. The Bertz CT molecular complexity index is 903. The summed E-state index contributed by atoms with van der Waals surface area (Å²) >= 11 is 0. The summed E-state index contributed by atoms with van der Waals surface area (Å²) in [5, 5.41) is 3.79. The summed E-state index contributed by atoms with van der Waals surface area (Å²) in [7, 11) is 3.81. The van der Waals surface area contributed by atoms with Crippen LogP contribution in [0.1, 0.15) is 11.6 Å². The van der Waals surface area contributed by atoms with Gasteiger partial charge in [0, 0.05) is 12.7 Å². The van der Waals surface area contributed by atoms with E-state index in [9.17, 15) is 13.6 Å². The summed E-state index contributed by atoms with van der Waals surface area (Å²) in [5.41, 5.74) is 1.60. The largest absolute Gasteiger partial charge is 0.353 e. The summed E-state index contributed by atoms with van der Waals surface area (Å²) in [6, 6.07) is 12.5. The van der Waals surface area contributed by atoms with Crippen LogP contribution in [0.2, 0.25) is 0 Å². The van der Waals surface area contributed by atoms with Gasteiger partial charge >= 0.3 is 0 Å². The van der Waals surface area contributed by atoms with Crippen LogP contribution in [0.3, 0.4) is 0 Å². The van der Waals surface area contributed by atoms with Gasteiger partial charge in [0.05, 0.1) is 11.6 Å². The van der Waals surface area contributed by atoms with E-state index in [0.717, 1.165) is 10.9 Å². The Morgan fingerprint density at radius 2 is 1.77 bits per heavy atom. The first-order valence-corrected chi connectivity index (χ1v) is 8.37. The quantitative estimate of drug-likeness (QED) is 0.735. The van der Waals surface area contributed by atoms with E-state index < -0.39 is 0 Å². The zero-order valence-electron chi connectivity index (χ0n) is 14.7. The Hall–Kier alpha value is -2.73. The van der Waals surface area contributed by atoms with E-state index in [0.29, 0.717) is 12.1 Å². The molecule has 26 heavy (non-hydrogen) atoms. The van der Waals surface area contributed by atoms with Gasteiger partial charge in [-0.1, -0.05) is 12.1 Å². The SMILES string of the molecule is CN(C)[C@@H](CNC(=O)Cn1ccc2ccc(F)cc21)c1ccc(F)cc1. The van der Waals surface area contributed by atoms with Crippen LogP contribution >= 0.6 is 0 Å². The minimum absolute atomic E-state index is 0.0709. The summed E-state index contributed by atoms with van der Waals surface area (Å²) in [6.45, 7) is 0.502. The third kappa shape index (κ3) is 4.08. The molecule has 0 bridgehead atoms. The molecule has 3 aromatic rings. The molecule has 4 nitrogen and oxygen atoms in total. The third-order valence-corrected chi connectivity index (χ3v) is 4.42. The van der Waals surface area contributed by atoms with E-state index in [1.54, 1.807) is 29.0 Å². The molecule has 3 rings (SSSR count). The topological polar surface area (TPSA) is 37.3 Å². The van der Waals surface area contributed by atoms with Crippen LogP contribution in [-0.4, -0.2) is 36.0 Å². The van der Waals surface area contributed by atoms with Crippen LogP contribution in [0.4, 0.5) is 8.78 Å². The zero-order chi connectivity index (χ0) is 18.7. The fourth-order valence-corrected chi connectivity index (χ4v) is 3.00. The van der Waals surface area contributed by atoms with E-state index in [-0.39, 0.29) is 30.1 Å². The Morgan fingerprint density at radius 1 is 1.08 bits per heavy atom. The summed E-state index contributed by atoms with van der Waals surface area (Å²) < 4.78 is 28.3. The van der Waals surface area contributed by atoms with E-state index in [1.807, 2.05) is 25.1 Å². The number of rotatable bonds is 6. The second-order valence-electron chi connectivity index (χ2n) is 6.48. The Balaban J connectivity index is 1.66. The molecule has 1 heterocycles. The van der Waals surface area contributed by atoms with Gasteiger partial charge in [-0.3, -0.25) is 4.79 Å². The van der Waals surface area contributed by atoms with Crippen LogP contribution in [0, 0.1) is 11.6 Å². The highest BCUT2D eigenvalue weighted by Crippen LogP contribution is 2.19. The number of nitrogens with zero attached hydrogens (tertiary/aromatic N) is 2. The van der Waals surface area contributed by atoms with Gasteiger partial charge in [0.2, 0.25) is 5.91 Å². The maximum Gasteiger partial charge on any atom is 0.240 e. The molecule has 0 aliphatic carbocycles. The standard InChI is InChI=1S/C20H21F2N3O/c1-24(2)19(14-3-6-16(21)7-4-14)12-23-20(26)13-25-10-9-15-5-8-17(22)11-18(15)25/h3-11,19H,12-13H2,1-2H3,(H,23,26)/t19-/m0/s1. The van der Waals surface area contributed by atoms with Crippen molar-refractivity contribution >= 4 is 16.8 Å². The fourth-order valence-electron chi connectivity index (χ4n) is 3.00. The summed E-state index contributed by atoms with van der Waals surface area (Å²) in [4.78, 5) is 14.3. The van der Waals surface area contributed by atoms with Crippen molar-refractivity contribution in [3.8, 4) is 0 Å². The second kappa shape index (κ2) is 7.66. The monoisotopic (exact) mass is 357 g/mol. The lowest BCUT2D eigenvalue weighted by Crippen LogP contribution is -2.36. The molecular weight excluding hydrogens is 336 g/mol. The molecule has 0 fully saturated rings. The smallest absolute Gasteiger partial charge is 0.240 e. The lowest BCUT2D eigenvalue weighted by atomic mass is 10.1. The van der Waals surface area contributed by atoms with Gasteiger partial charge in [0.1, 0.15) is 18.2 Å². The van der Waals surface area contributed by atoms with Gasteiger partial charge in [-0.05, 0) is 61.4 Å². The third-order valence-electron chi connectivity index (χ3n) is 4.42. The number of carbonyl (C=O) groups excluding carboxylic acids is 1. The molecule has 1 aromatic heterocycles. The van der Waals surface area contributed by atoms with Crippen LogP contribution in [-0.2, 0) is 11.3 Å².